The van der Waals surface area contributed by atoms with Crippen LogP contribution < -0.4 is 33.2 Å². The molecule has 3 rings (SSSR count). The number of para-hydroxylation sites is 1. The third kappa shape index (κ3) is 8.86. The highest BCUT2D eigenvalue weighted by molar-refractivity contribution is 5.94. The van der Waals surface area contributed by atoms with E-state index in [4.69, 9.17) is 17.2 Å². The van der Waals surface area contributed by atoms with Crippen molar-refractivity contribution < 1.29 is 19.2 Å². The number of carbonyl (C=O) groups is 4. The van der Waals surface area contributed by atoms with Gasteiger partial charge in [-0.3, -0.25) is 24.2 Å². The lowest BCUT2D eigenvalue weighted by molar-refractivity contribution is -0.133. The molecule has 2 aromatic carbocycles. The highest BCUT2D eigenvalue weighted by Gasteiger charge is 2.29. The number of hydrogen-bond donors (Lipinski definition) is 7. The van der Waals surface area contributed by atoms with Crippen molar-refractivity contribution in [3.8, 4) is 0 Å². The van der Waals surface area contributed by atoms with Gasteiger partial charge in [-0.25, -0.2) is 0 Å². The van der Waals surface area contributed by atoms with Crippen LogP contribution in [0.3, 0.4) is 0 Å². The summed E-state index contributed by atoms with van der Waals surface area (Å²) in [6, 6.07) is 13.8. The van der Waals surface area contributed by atoms with Crippen LogP contribution in [-0.4, -0.2) is 59.2 Å². The normalized spacial score (nSPS) is 13.0. The maximum absolute atomic E-state index is 13.4. The number of benzene rings is 2. The zero-order chi connectivity index (χ0) is 29.1. The van der Waals surface area contributed by atoms with E-state index >= 15 is 0 Å². The summed E-state index contributed by atoms with van der Waals surface area (Å²) < 4.78 is 0. The molecule has 3 atom stereocenters. The Balaban J connectivity index is 1.77. The summed E-state index contributed by atoms with van der Waals surface area (Å²) >= 11 is 0. The molecule has 0 unspecified atom stereocenters. The second kappa shape index (κ2) is 14.3. The first kappa shape index (κ1) is 29.7. The van der Waals surface area contributed by atoms with Crippen molar-refractivity contribution in [1.29, 1.82) is 0 Å². The molecule has 0 aliphatic heterocycles. The number of primary amides is 1. The van der Waals surface area contributed by atoms with Crippen LogP contribution in [0.1, 0.15) is 30.9 Å². The van der Waals surface area contributed by atoms with Crippen LogP contribution in [0.25, 0.3) is 10.9 Å². The fraction of sp³-hybridized carbons (Fsp3) is 0.321. The van der Waals surface area contributed by atoms with E-state index in [0.29, 0.717) is 6.42 Å². The molecule has 0 saturated carbocycles. The van der Waals surface area contributed by atoms with Crippen molar-refractivity contribution in [2.24, 2.45) is 22.2 Å². The summed E-state index contributed by atoms with van der Waals surface area (Å²) in [6.07, 6.45) is 2.68. The predicted molar refractivity (Wildman–Crippen MR) is 153 cm³/mol. The van der Waals surface area contributed by atoms with Gasteiger partial charge in [-0.05, 0) is 30.0 Å². The zero-order valence-corrected chi connectivity index (χ0v) is 22.4. The first-order valence-corrected chi connectivity index (χ1v) is 13.0. The third-order valence-electron chi connectivity index (χ3n) is 6.31. The molecule has 1 aromatic heterocycles. The van der Waals surface area contributed by atoms with Crippen LogP contribution >= 0.6 is 0 Å². The van der Waals surface area contributed by atoms with Crippen molar-refractivity contribution in [2.45, 2.75) is 50.7 Å². The average Bonchev–Trinajstić information content (AvgIpc) is 3.32. The molecule has 0 saturated heterocycles. The van der Waals surface area contributed by atoms with Gasteiger partial charge in [0.15, 0.2) is 5.96 Å². The number of amides is 4. The molecular weight excluding hydrogens is 512 g/mol. The molecule has 40 heavy (non-hydrogen) atoms. The fourth-order valence-corrected chi connectivity index (χ4v) is 4.36. The summed E-state index contributed by atoms with van der Waals surface area (Å²) in [7, 11) is 0. The highest BCUT2D eigenvalue weighted by atomic mass is 16.2. The van der Waals surface area contributed by atoms with E-state index in [1.807, 2.05) is 54.6 Å². The number of rotatable bonds is 14. The third-order valence-corrected chi connectivity index (χ3v) is 6.31. The molecule has 12 heteroatoms. The number of guanidine groups is 1. The van der Waals surface area contributed by atoms with Gasteiger partial charge < -0.3 is 38.1 Å². The Bertz CT molecular complexity index is 1350. The Morgan fingerprint density at radius 2 is 1.48 bits per heavy atom. The summed E-state index contributed by atoms with van der Waals surface area (Å²) in [5, 5.41) is 8.97. The fourth-order valence-electron chi connectivity index (χ4n) is 4.36. The van der Waals surface area contributed by atoms with E-state index < -0.39 is 41.8 Å². The number of carbonyl (C=O) groups excluding carboxylic acids is 4. The van der Waals surface area contributed by atoms with Crippen LogP contribution in [0.4, 0.5) is 0 Å². The SMILES string of the molecule is CC(=O)N[C@H](Cc1ccccc1)C(=O)N[C@H](CCCN=C(N)N)C(=O)N[C@H](Cc1c[nH]c2ccccc12)C(N)=O. The van der Waals surface area contributed by atoms with E-state index in [2.05, 4.69) is 25.9 Å². The number of hydrogen-bond acceptors (Lipinski definition) is 5. The summed E-state index contributed by atoms with van der Waals surface area (Å²) in [5.41, 5.74) is 19.0. The number of H-pyrrole nitrogens is 1. The molecule has 3 aromatic rings. The first-order chi connectivity index (χ1) is 19.1. The monoisotopic (exact) mass is 548 g/mol. The minimum atomic E-state index is -1.04. The van der Waals surface area contributed by atoms with Crippen LogP contribution in [0, 0.1) is 0 Å². The Morgan fingerprint density at radius 3 is 2.15 bits per heavy atom. The van der Waals surface area contributed by atoms with Crippen LogP contribution in [0.15, 0.2) is 65.8 Å². The van der Waals surface area contributed by atoms with Gasteiger partial charge in [-0.15, -0.1) is 0 Å². The van der Waals surface area contributed by atoms with Crippen molar-refractivity contribution in [2.75, 3.05) is 6.54 Å². The highest BCUT2D eigenvalue weighted by Crippen LogP contribution is 2.19. The molecule has 1 heterocycles. The summed E-state index contributed by atoms with van der Waals surface area (Å²) in [4.78, 5) is 57.9. The number of fused-ring (bicyclic) bond motifs is 1. The molecule has 0 radical (unpaired) electrons. The Kier molecular flexibility index (Phi) is 10.6. The lowest BCUT2D eigenvalue weighted by Gasteiger charge is -2.24. The van der Waals surface area contributed by atoms with Gasteiger partial charge in [0, 0.05) is 43.4 Å². The predicted octanol–water partition coefficient (Wildman–Crippen LogP) is -0.0337. The van der Waals surface area contributed by atoms with Crippen LogP contribution in [0.2, 0.25) is 0 Å². The molecular formula is C28H36N8O4. The molecule has 0 fully saturated rings. The molecule has 0 spiro atoms. The number of nitrogens with zero attached hydrogens (tertiary/aromatic N) is 1. The van der Waals surface area contributed by atoms with Gasteiger partial charge in [0.2, 0.25) is 23.6 Å². The maximum Gasteiger partial charge on any atom is 0.243 e. The second-order valence-corrected chi connectivity index (χ2v) is 9.48. The standard InChI is InChI=1S/C28H36N8O4/c1-17(37)34-24(14-18-8-3-2-4-9-18)27(40)35-22(12-7-13-32-28(30)31)26(39)36-23(25(29)38)15-19-16-33-21-11-6-5-10-20(19)21/h2-6,8-11,16,22-24,33H,7,12-15H2,1H3,(H2,29,38)(H,34,37)(H,35,40)(H,36,39)(H4,30,31,32)/t22-,23-,24-/m1/s1. The Morgan fingerprint density at radius 1 is 0.825 bits per heavy atom. The molecule has 0 aliphatic carbocycles. The zero-order valence-electron chi connectivity index (χ0n) is 22.4. The van der Waals surface area contributed by atoms with E-state index in [1.54, 1.807) is 6.20 Å². The summed E-state index contributed by atoms with van der Waals surface area (Å²) in [6.45, 7) is 1.54. The van der Waals surface area contributed by atoms with Crippen LogP contribution in [-0.2, 0) is 32.0 Å². The lowest BCUT2D eigenvalue weighted by Crippen LogP contribution is -2.57. The molecule has 12 nitrogen and oxygen atoms in total. The van der Waals surface area contributed by atoms with Crippen molar-refractivity contribution in [3.63, 3.8) is 0 Å². The number of nitrogens with one attached hydrogen (secondary N) is 4. The maximum atomic E-state index is 13.4. The lowest BCUT2D eigenvalue weighted by atomic mass is 10.0. The Labute approximate surface area is 232 Å². The van der Waals surface area contributed by atoms with Crippen molar-refractivity contribution >= 4 is 40.5 Å². The number of aromatic amines is 1. The number of nitrogens with two attached hydrogens (primary N) is 3. The number of aromatic nitrogens is 1. The molecule has 212 valence electrons. The number of aliphatic imine (C=N–C) groups is 1. The minimum Gasteiger partial charge on any atom is -0.370 e. The van der Waals surface area contributed by atoms with Gasteiger partial charge in [-0.2, -0.15) is 0 Å². The van der Waals surface area contributed by atoms with E-state index in [9.17, 15) is 19.2 Å². The Hall–Kier alpha value is -4.87. The van der Waals surface area contributed by atoms with Gasteiger partial charge >= 0.3 is 0 Å². The second-order valence-electron chi connectivity index (χ2n) is 9.48. The van der Waals surface area contributed by atoms with Crippen molar-refractivity contribution in [3.05, 3.63) is 71.9 Å². The van der Waals surface area contributed by atoms with Crippen molar-refractivity contribution in [1.82, 2.24) is 20.9 Å². The van der Waals surface area contributed by atoms with E-state index in [0.717, 1.165) is 22.0 Å². The largest absolute Gasteiger partial charge is 0.370 e. The topological polar surface area (TPSA) is 211 Å². The molecule has 0 aliphatic rings. The minimum absolute atomic E-state index is 0.0915. The van der Waals surface area contributed by atoms with Gasteiger partial charge in [0.25, 0.3) is 0 Å². The van der Waals surface area contributed by atoms with Gasteiger partial charge in [0.1, 0.15) is 18.1 Å². The average molecular weight is 549 g/mol. The van der Waals surface area contributed by atoms with Crippen LogP contribution in [0.5, 0.6) is 0 Å². The van der Waals surface area contributed by atoms with Gasteiger partial charge in [0.05, 0.1) is 0 Å². The molecule has 4 amide bonds. The summed E-state index contributed by atoms with van der Waals surface area (Å²) in [5.74, 6) is -2.34. The molecule has 10 N–H and O–H groups in total. The quantitative estimate of drug-likeness (QED) is 0.0834. The van der Waals surface area contributed by atoms with E-state index in [-0.39, 0.29) is 31.8 Å². The smallest absolute Gasteiger partial charge is 0.243 e. The van der Waals surface area contributed by atoms with Gasteiger partial charge in [-0.1, -0.05) is 48.5 Å². The molecule has 0 bridgehead atoms. The van der Waals surface area contributed by atoms with E-state index in [1.165, 1.54) is 6.92 Å². The first-order valence-electron chi connectivity index (χ1n) is 13.0.